The Balaban J connectivity index is 1.37. The first-order valence-corrected chi connectivity index (χ1v) is 13.2. The van der Waals surface area contributed by atoms with Crippen LogP contribution in [0.2, 0.25) is 0 Å². The molecule has 1 saturated heterocycles. The van der Waals surface area contributed by atoms with E-state index in [1.54, 1.807) is 30.2 Å². The number of fused-ring (bicyclic) bond motifs is 1. The highest BCUT2D eigenvalue weighted by Gasteiger charge is 2.32. The summed E-state index contributed by atoms with van der Waals surface area (Å²) in [6.07, 6.45) is 1.79. The highest BCUT2D eigenvalue weighted by Crippen LogP contribution is 2.36. The van der Waals surface area contributed by atoms with Crippen molar-refractivity contribution in [2.24, 2.45) is 4.99 Å². The lowest BCUT2D eigenvalue weighted by Gasteiger charge is -2.13. The zero-order valence-corrected chi connectivity index (χ0v) is 22.3. The summed E-state index contributed by atoms with van der Waals surface area (Å²) in [5.74, 6) is -0.0231. The van der Waals surface area contributed by atoms with Crippen LogP contribution in [0, 0.1) is 0 Å². The number of nitrogens with zero attached hydrogens (tertiary/aromatic N) is 2. The minimum atomic E-state index is -1.03. The fourth-order valence-corrected chi connectivity index (χ4v) is 5.37. The number of likely N-dealkylation sites (N-methyl/N-ethyl adjacent to an activating group) is 1. The molecular weight excluding hydrogens is 512 g/mol. The summed E-state index contributed by atoms with van der Waals surface area (Å²) in [5.41, 5.74) is 2.47. The van der Waals surface area contributed by atoms with Crippen LogP contribution in [0.25, 0.3) is 16.8 Å². The zero-order chi connectivity index (χ0) is 27.4. The van der Waals surface area contributed by atoms with E-state index in [-0.39, 0.29) is 11.5 Å². The average Bonchev–Trinajstić information content (AvgIpc) is 3.25. The molecule has 5 rings (SSSR count). The molecule has 4 aromatic rings. The standard InChI is InChI=1S/C31H26N2O5S/c1-3-33-29(34)28(39-31(33)32-24-12-7-10-22(18-24)30(35)36)17-20-14-15-26(27(16-20)37-2)38-19-23-11-6-9-21-8-4-5-13-25(21)23/h4-18H,3,19H2,1-2H3,(H,35,36)/b28-17+,32-31?. The van der Waals surface area contributed by atoms with Crippen molar-refractivity contribution in [3.05, 3.63) is 107 Å². The van der Waals surface area contributed by atoms with Crippen molar-refractivity contribution in [2.75, 3.05) is 13.7 Å². The number of carbonyl (C=O) groups excluding carboxylic acids is 1. The molecule has 1 aliphatic rings. The minimum Gasteiger partial charge on any atom is -0.493 e. The summed E-state index contributed by atoms with van der Waals surface area (Å²) in [7, 11) is 1.58. The number of carbonyl (C=O) groups is 2. The maximum absolute atomic E-state index is 13.1. The van der Waals surface area contributed by atoms with Gasteiger partial charge in [-0.2, -0.15) is 0 Å². The third-order valence-electron chi connectivity index (χ3n) is 6.27. The molecule has 8 heteroatoms. The van der Waals surface area contributed by atoms with Crippen molar-refractivity contribution >= 4 is 51.3 Å². The van der Waals surface area contributed by atoms with Crippen molar-refractivity contribution in [3.63, 3.8) is 0 Å². The van der Waals surface area contributed by atoms with Crippen LogP contribution in [0.15, 0.2) is 94.8 Å². The van der Waals surface area contributed by atoms with E-state index in [1.165, 1.54) is 23.9 Å². The second-order valence-corrected chi connectivity index (χ2v) is 9.76. The number of benzene rings is 4. The normalized spacial score (nSPS) is 15.3. The maximum atomic E-state index is 13.1. The van der Waals surface area contributed by atoms with Crippen molar-refractivity contribution in [3.8, 4) is 11.5 Å². The Morgan fingerprint density at radius 1 is 1.00 bits per heavy atom. The smallest absolute Gasteiger partial charge is 0.335 e. The maximum Gasteiger partial charge on any atom is 0.335 e. The molecule has 1 N–H and O–H groups in total. The lowest BCUT2D eigenvalue weighted by molar-refractivity contribution is -0.122. The third-order valence-corrected chi connectivity index (χ3v) is 7.28. The van der Waals surface area contributed by atoms with Crippen molar-refractivity contribution in [1.82, 2.24) is 4.90 Å². The number of aliphatic imine (C=N–C) groups is 1. The van der Waals surface area contributed by atoms with Crippen molar-refractivity contribution in [2.45, 2.75) is 13.5 Å². The van der Waals surface area contributed by atoms with Gasteiger partial charge < -0.3 is 14.6 Å². The van der Waals surface area contributed by atoms with Crippen molar-refractivity contribution in [1.29, 1.82) is 0 Å². The predicted molar refractivity (Wildman–Crippen MR) is 155 cm³/mol. The molecule has 0 atom stereocenters. The van der Waals surface area contributed by atoms with Gasteiger partial charge in [0.25, 0.3) is 5.91 Å². The molecule has 0 saturated carbocycles. The van der Waals surface area contributed by atoms with E-state index in [0.717, 1.165) is 21.9 Å². The Morgan fingerprint density at radius 2 is 1.79 bits per heavy atom. The predicted octanol–water partition coefficient (Wildman–Crippen LogP) is 6.75. The SMILES string of the molecule is CCN1C(=O)/C(=C\c2ccc(OCc3cccc4ccccc34)c(OC)c2)SC1=Nc1cccc(C(=O)O)c1. The minimum absolute atomic E-state index is 0.139. The molecule has 0 bridgehead atoms. The number of carboxylic acid groups (broad SMARTS) is 1. The molecule has 1 aliphatic heterocycles. The first-order valence-electron chi connectivity index (χ1n) is 12.4. The summed E-state index contributed by atoms with van der Waals surface area (Å²) in [5, 5.41) is 12.1. The van der Waals surface area contributed by atoms with Gasteiger partial charge in [0.1, 0.15) is 6.61 Å². The van der Waals surface area contributed by atoms with E-state index >= 15 is 0 Å². The number of methoxy groups -OCH3 is 1. The summed E-state index contributed by atoms with van der Waals surface area (Å²) in [4.78, 5) is 31.1. The monoisotopic (exact) mass is 538 g/mol. The van der Waals surface area contributed by atoms with Crippen molar-refractivity contribution < 1.29 is 24.2 Å². The zero-order valence-electron chi connectivity index (χ0n) is 21.5. The Kier molecular flexibility index (Phi) is 7.65. The van der Waals surface area contributed by atoms with E-state index in [1.807, 2.05) is 49.4 Å². The van der Waals surface area contributed by atoms with E-state index in [9.17, 15) is 14.7 Å². The van der Waals surface area contributed by atoms with Crippen LogP contribution in [0.4, 0.5) is 5.69 Å². The van der Waals surface area contributed by atoms with Crippen LogP contribution in [0.3, 0.4) is 0 Å². The molecule has 196 valence electrons. The number of carboxylic acids is 1. The van der Waals surface area contributed by atoms with Gasteiger partial charge in [0.15, 0.2) is 16.7 Å². The lowest BCUT2D eigenvalue weighted by atomic mass is 10.1. The number of amides is 1. The van der Waals surface area contributed by atoms with Crippen LogP contribution in [0.1, 0.15) is 28.4 Å². The molecule has 39 heavy (non-hydrogen) atoms. The molecule has 1 fully saturated rings. The van der Waals surface area contributed by atoms with Gasteiger partial charge >= 0.3 is 5.97 Å². The second kappa shape index (κ2) is 11.4. The molecule has 4 aromatic carbocycles. The Bertz CT molecular complexity index is 1620. The summed E-state index contributed by atoms with van der Waals surface area (Å²) in [6.45, 7) is 2.70. The number of hydrogen-bond donors (Lipinski definition) is 1. The van der Waals surface area contributed by atoms with Gasteiger partial charge in [-0.15, -0.1) is 0 Å². The van der Waals surface area contributed by atoms with E-state index < -0.39 is 5.97 Å². The molecule has 0 unspecified atom stereocenters. The Morgan fingerprint density at radius 3 is 2.59 bits per heavy atom. The van der Waals surface area contributed by atoms with Crippen LogP contribution in [0.5, 0.6) is 11.5 Å². The van der Waals surface area contributed by atoms with E-state index in [4.69, 9.17) is 9.47 Å². The molecule has 0 aliphatic carbocycles. The largest absolute Gasteiger partial charge is 0.493 e. The van der Waals surface area contributed by atoms with Gasteiger partial charge in [-0.3, -0.25) is 9.69 Å². The lowest BCUT2D eigenvalue weighted by Crippen LogP contribution is -2.28. The summed E-state index contributed by atoms with van der Waals surface area (Å²) in [6, 6.07) is 26.2. The summed E-state index contributed by atoms with van der Waals surface area (Å²) >= 11 is 1.25. The van der Waals surface area contributed by atoms with Gasteiger partial charge in [0.2, 0.25) is 0 Å². The first kappa shape index (κ1) is 26.1. The fourth-order valence-electron chi connectivity index (χ4n) is 4.31. The van der Waals surface area contributed by atoms with Gasteiger partial charge in [-0.25, -0.2) is 9.79 Å². The number of aromatic carboxylic acids is 1. The number of ether oxygens (including phenoxy) is 2. The molecule has 0 spiro atoms. The number of rotatable bonds is 8. The van der Waals surface area contributed by atoms with Gasteiger partial charge in [-0.05, 0) is 77.0 Å². The Hall–Kier alpha value is -4.56. The summed E-state index contributed by atoms with van der Waals surface area (Å²) < 4.78 is 11.7. The average molecular weight is 539 g/mol. The van der Waals surface area contributed by atoms with Gasteiger partial charge in [-0.1, -0.05) is 54.6 Å². The van der Waals surface area contributed by atoms with Crippen LogP contribution in [-0.4, -0.2) is 40.7 Å². The van der Waals surface area contributed by atoms with Gasteiger partial charge in [0, 0.05) is 6.54 Å². The number of hydrogen-bond acceptors (Lipinski definition) is 6. The topological polar surface area (TPSA) is 88.4 Å². The van der Waals surface area contributed by atoms with Gasteiger partial charge in [0.05, 0.1) is 23.3 Å². The second-order valence-electron chi connectivity index (χ2n) is 8.75. The van der Waals surface area contributed by atoms with Crippen LogP contribution < -0.4 is 9.47 Å². The number of amidine groups is 1. The van der Waals surface area contributed by atoms with E-state index in [2.05, 4.69) is 23.2 Å². The van der Waals surface area contributed by atoms with Crippen LogP contribution >= 0.6 is 11.8 Å². The molecule has 7 nitrogen and oxygen atoms in total. The molecule has 0 radical (unpaired) electrons. The van der Waals surface area contributed by atoms with Crippen LogP contribution in [-0.2, 0) is 11.4 Å². The highest BCUT2D eigenvalue weighted by molar-refractivity contribution is 8.18. The highest BCUT2D eigenvalue weighted by atomic mass is 32.2. The first-order chi connectivity index (χ1) is 19.0. The fraction of sp³-hybridized carbons (Fsp3) is 0.129. The molecule has 1 amide bonds. The van der Waals surface area contributed by atoms with E-state index in [0.29, 0.717) is 40.4 Å². The Labute approximate surface area is 230 Å². The number of thioether (sulfide) groups is 1. The quantitative estimate of drug-likeness (QED) is 0.250. The molecule has 0 aromatic heterocycles. The third kappa shape index (κ3) is 5.66. The molecule has 1 heterocycles. The molecular formula is C31H26N2O5S.